The molecule has 0 saturated carbocycles. The predicted octanol–water partition coefficient (Wildman–Crippen LogP) is 6.05. The number of carbonyl (C=O) groups is 1. The Labute approximate surface area is 203 Å². The van der Waals surface area contributed by atoms with Gasteiger partial charge in [-0.15, -0.1) is 0 Å². The van der Waals surface area contributed by atoms with Crippen molar-refractivity contribution in [2.45, 2.75) is 13.3 Å². The number of aromatic nitrogens is 2. The number of nitrogens with zero attached hydrogens (tertiary/aromatic N) is 3. The van der Waals surface area contributed by atoms with Gasteiger partial charge in [0.05, 0.1) is 23.8 Å². The van der Waals surface area contributed by atoms with Crippen molar-refractivity contribution >= 4 is 44.9 Å². The fourth-order valence-electron chi connectivity index (χ4n) is 4.71. The van der Waals surface area contributed by atoms with Crippen molar-refractivity contribution in [3.8, 4) is 5.75 Å². The molecule has 0 unspecified atom stereocenters. The molecular weight excluding hydrogens is 436 g/mol. The number of para-hydroxylation sites is 1. The molecule has 2 aromatic heterocycles. The van der Waals surface area contributed by atoms with Crippen molar-refractivity contribution in [1.29, 1.82) is 0 Å². The van der Waals surface area contributed by atoms with Crippen LogP contribution >= 0.6 is 0 Å². The Morgan fingerprint density at radius 2 is 1.77 bits per heavy atom. The van der Waals surface area contributed by atoms with Crippen LogP contribution in [0.3, 0.4) is 0 Å². The van der Waals surface area contributed by atoms with Crippen molar-refractivity contribution in [2.24, 2.45) is 0 Å². The Kier molecular flexibility index (Phi) is 5.07. The van der Waals surface area contributed by atoms with Gasteiger partial charge in [-0.1, -0.05) is 18.2 Å². The minimum absolute atomic E-state index is 0.148. The molecule has 0 fully saturated rings. The fraction of sp³-hybridized carbons (Fsp3) is 0.138. The number of carbonyl (C=O) groups excluding carboxylic acids is 1. The monoisotopic (exact) mass is 460 g/mol. The third kappa shape index (κ3) is 3.83. The Hall–Kier alpha value is -4.45. The molecule has 6 rings (SSSR count). The molecule has 35 heavy (non-hydrogen) atoms. The van der Waals surface area contributed by atoms with E-state index in [2.05, 4.69) is 21.3 Å². The van der Waals surface area contributed by atoms with Crippen LogP contribution in [0.25, 0.3) is 21.8 Å². The van der Waals surface area contributed by atoms with Gasteiger partial charge in [0, 0.05) is 40.3 Å². The zero-order valence-corrected chi connectivity index (χ0v) is 19.6. The lowest BCUT2D eigenvalue weighted by atomic mass is 10.1. The van der Waals surface area contributed by atoms with Gasteiger partial charge >= 0.3 is 0 Å². The molecule has 0 atom stereocenters. The van der Waals surface area contributed by atoms with Crippen molar-refractivity contribution in [3.63, 3.8) is 0 Å². The maximum atomic E-state index is 13.0. The average Bonchev–Trinajstić information content (AvgIpc) is 3.29. The van der Waals surface area contributed by atoms with Crippen LogP contribution in [0.2, 0.25) is 0 Å². The van der Waals surface area contributed by atoms with E-state index in [0.717, 1.165) is 63.4 Å². The highest BCUT2D eigenvalue weighted by Gasteiger charge is 2.23. The fourth-order valence-corrected chi connectivity index (χ4v) is 4.71. The highest BCUT2D eigenvalue weighted by atomic mass is 16.5. The molecule has 3 aromatic carbocycles. The number of hydrogen-bond donors (Lipinski definition) is 1. The number of aryl methyl sites for hydroxylation is 1. The predicted molar refractivity (Wildman–Crippen MR) is 140 cm³/mol. The molecule has 1 aliphatic rings. The quantitative estimate of drug-likeness (QED) is 0.354. The Morgan fingerprint density at radius 1 is 0.943 bits per heavy atom. The molecular formula is C29H24N4O2. The molecule has 0 bridgehead atoms. The van der Waals surface area contributed by atoms with E-state index in [1.165, 1.54) is 5.56 Å². The molecule has 1 aliphatic heterocycles. The summed E-state index contributed by atoms with van der Waals surface area (Å²) in [4.78, 5) is 24.7. The van der Waals surface area contributed by atoms with Gasteiger partial charge in [-0.25, -0.2) is 4.98 Å². The van der Waals surface area contributed by atoms with E-state index in [0.29, 0.717) is 5.56 Å². The number of amides is 1. The summed E-state index contributed by atoms with van der Waals surface area (Å²) in [5, 5.41) is 5.09. The third-order valence-corrected chi connectivity index (χ3v) is 6.47. The lowest BCUT2D eigenvalue weighted by Crippen LogP contribution is -2.16. The first-order valence-electron chi connectivity index (χ1n) is 11.6. The lowest BCUT2D eigenvalue weighted by Gasteiger charge is -2.19. The van der Waals surface area contributed by atoms with Gasteiger partial charge in [0.2, 0.25) is 0 Å². The van der Waals surface area contributed by atoms with E-state index < -0.39 is 0 Å². The number of hydrogen-bond acceptors (Lipinski definition) is 5. The summed E-state index contributed by atoms with van der Waals surface area (Å²) in [6, 6.07) is 25.6. The summed E-state index contributed by atoms with van der Waals surface area (Å²) in [6.07, 6.45) is 0.932. The summed E-state index contributed by atoms with van der Waals surface area (Å²) in [5.74, 6) is 1.61. The molecule has 0 radical (unpaired) electrons. The molecule has 5 aromatic rings. The van der Waals surface area contributed by atoms with E-state index >= 15 is 0 Å². The highest BCUT2D eigenvalue weighted by Crippen LogP contribution is 2.35. The van der Waals surface area contributed by atoms with Crippen LogP contribution in [0.4, 0.5) is 17.2 Å². The number of pyridine rings is 2. The second-order valence-electron chi connectivity index (χ2n) is 8.76. The second kappa shape index (κ2) is 8.40. The number of anilines is 3. The van der Waals surface area contributed by atoms with Gasteiger partial charge < -0.3 is 15.0 Å². The van der Waals surface area contributed by atoms with E-state index in [1.54, 1.807) is 7.11 Å². The van der Waals surface area contributed by atoms with E-state index in [4.69, 9.17) is 9.72 Å². The van der Waals surface area contributed by atoms with Crippen LogP contribution in [0.1, 0.15) is 21.6 Å². The highest BCUT2D eigenvalue weighted by molar-refractivity contribution is 6.08. The summed E-state index contributed by atoms with van der Waals surface area (Å²) >= 11 is 0. The van der Waals surface area contributed by atoms with Crippen LogP contribution in [-0.4, -0.2) is 29.5 Å². The normalized spacial score (nSPS) is 12.7. The van der Waals surface area contributed by atoms with Gasteiger partial charge in [0.25, 0.3) is 5.91 Å². The largest absolute Gasteiger partial charge is 0.497 e. The number of benzene rings is 3. The minimum atomic E-state index is -0.148. The van der Waals surface area contributed by atoms with Crippen LogP contribution in [0.5, 0.6) is 5.75 Å². The first-order chi connectivity index (χ1) is 17.1. The van der Waals surface area contributed by atoms with E-state index in [1.807, 2.05) is 79.7 Å². The topological polar surface area (TPSA) is 67.3 Å². The number of methoxy groups -OCH3 is 1. The molecule has 0 spiro atoms. The molecule has 1 N–H and O–H groups in total. The Balaban J connectivity index is 1.27. The van der Waals surface area contributed by atoms with Crippen molar-refractivity contribution in [3.05, 3.63) is 95.7 Å². The third-order valence-electron chi connectivity index (χ3n) is 6.47. The first-order valence-corrected chi connectivity index (χ1v) is 11.6. The van der Waals surface area contributed by atoms with Crippen molar-refractivity contribution in [2.75, 3.05) is 23.9 Å². The number of fused-ring (bicyclic) bond motifs is 3. The lowest BCUT2D eigenvalue weighted by molar-refractivity contribution is 0.102. The van der Waals surface area contributed by atoms with Gasteiger partial charge in [-0.05, 0) is 73.5 Å². The van der Waals surface area contributed by atoms with E-state index in [-0.39, 0.29) is 5.91 Å². The number of rotatable bonds is 4. The number of nitrogens with one attached hydrogen (secondary N) is 1. The van der Waals surface area contributed by atoms with Crippen LogP contribution < -0.4 is 15.0 Å². The smallest absolute Gasteiger partial charge is 0.255 e. The van der Waals surface area contributed by atoms with Gasteiger partial charge in [-0.2, -0.15) is 0 Å². The van der Waals surface area contributed by atoms with Gasteiger partial charge in [0.1, 0.15) is 11.6 Å². The average molecular weight is 461 g/mol. The Morgan fingerprint density at radius 3 is 2.60 bits per heavy atom. The van der Waals surface area contributed by atoms with E-state index in [9.17, 15) is 4.79 Å². The summed E-state index contributed by atoms with van der Waals surface area (Å²) in [5.41, 5.74) is 6.24. The summed E-state index contributed by atoms with van der Waals surface area (Å²) in [6.45, 7) is 2.78. The van der Waals surface area contributed by atoms with Crippen molar-refractivity contribution in [1.82, 2.24) is 9.97 Å². The van der Waals surface area contributed by atoms with Gasteiger partial charge in [0.15, 0.2) is 0 Å². The van der Waals surface area contributed by atoms with Crippen LogP contribution in [-0.2, 0) is 6.42 Å². The molecule has 1 amide bonds. The zero-order chi connectivity index (χ0) is 23.9. The molecule has 0 aliphatic carbocycles. The second-order valence-corrected chi connectivity index (χ2v) is 8.76. The maximum Gasteiger partial charge on any atom is 0.255 e. The minimum Gasteiger partial charge on any atom is -0.497 e. The van der Waals surface area contributed by atoms with Gasteiger partial charge in [-0.3, -0.25) is 9.78 Å². The molecule has 6 heteroatoms. The zero-order valence-electron chi connectivity index (χ0n) is 19.6. The molecule has 3 heterocycles. The molecule has 6 nitrogen and oxygen atoms in total. The number of ether oxygens (including phenoxy) is 1. The van der Waals surface area contributed by atoms with Crippen LogP contribution in [0, 0.1) is 6.92 Å². The Bertz CT molecular complexity index is 1590. The molecule has 172 valence electrons. The summed E-state index contributed by atoms with van der Waals surface area (Å²) in [7, 11) is 1.66. The standard InChI is InChI=1S/C29H24N4O2/c1-18-15-27(24-5-3-4-6-25(24)30-18)32-29(34)19-7-10-22(11-8-19)33-14-13-21-16-20-9-12-23(35-2)17-26(20)31-28(21)33/h3-12,15-17H,13-14H2,1-2H3,(H,30,32,34). The SMILES string of the molecule is COc1ccc2cc3c(nc2c1)N(c1ccc(C(=O)Nc2cc(C)nc4ccccc24)cc1)CC3. The first kappa shape index (κ1) is 21.1. The molecule has 0 saturated heterocycles. The maximum absolute atomic E-state index is 13.0. The van der Waals surface area contributed by atoms with Crippen molar-refractivity contribution < 1.29 is 9.53 Å². The summed E-state index contributed by atoms with van der Waals surface area (Å²) < 4.78 is 5.37. The van der Waals surface area contributed by atoms with Crippen LogP contribution in [0.15, 0.2) is 78.9 Å².